The lowest BCUT2D eigenvalue weighted by Gasteiger charge is -2.35. The summed E-state index contributed by atoms with van der Waals surface area (Å²) in [7, 11) is 0. The summed E-state index contributed by atoms with van der Waals surface area (Å²) < 4.78 is 73.5. The standard InChI is InChI=1S/C57H70ClF4N11O6S/c1-30-21-42(63)67-48(45(30)57(60,61)62)44-40(58)23-39-47(46(44)59)69-54(70-51(39)71-24-35-14-15-36(25-71)66-35)79-28-56-17-8-19-73(56)37(16-18-56)27-78-20-7-9-43(75)68-50(55(4,5)6)53(77)72-26-38(74)22-41(72)52(76)65-31(2)33-10-12-34(13-11-33)49-32(3)64-29-80-49/h10-13,21,23,29,31,35-38,41,50,66,74H,7-9,14-20,22,24-28H2,1-6H3,(H2,63,67)(H,65,76)(H,68,75)/t31-,35?,36?,37+,38+,41-,50+,56?/m0/s1. The number of likely N-dealkylation sites (tertiary alicyclic amines) is 1. The largest absolute Gasteiger partial charge is 0.461 e. The summed E-state index contributed by atoms with van der Waals surface area (Å²) in [5.41, 5.74) is 6.57. The van der Waals surface area contributed by atoms with Crippen LogP contribution < -0.4 is 31.3 Å². The van der Waals surface area contributed by atoms with Crippen LogP contribution in [0.2, 0.25) is 5.02 Å². The number of ether oxygens (including phenoxy) is 2. The minimum Gasteiger partial charge on any atom is -0.461 e. The summed E-state index contributed by atoms with van der Waals surface area (Å²) in [6, 6.07) is 8.40. The van der Waals surface area contributed by atoms with Crippen molar-refractivity contribution in [1.29, 1.82) is 0 Å². The quantitative estimate of drug-likeness (QED) is 0.0438. The molecule has 2 bridgehead atoms. The van der Waals surface area contributed by atoms with Crippen LogP contribution in [0.1, 0.15) is 114 Å². The summed E-state index contributed by atoms with van der Waals surface area (Å²) >= 11 is 8.29. The second-order valence-corrected chi connectivity index (χ2v) is 24.7. The zero-order valence-electron chi connectivity index (χ0n) is 45.9. The van der Waals surface area contributed by atoms with Gasteiger partial charge in [-0.25, -0.2) is 14.4 Å². The molecule has 80 heavy (non-hydrogen) atoms. The van der Waals surface area contributed by atoms with E-state index in [-0.39, 0.29) is 102 Å². The molecule has 430 valence electrons. The molecule has 8 heterocycles. The van der Waals surface area contributed by atoms with Crippen LogP contribution in [0.3, 0.4) is 0 Å². The number of nitrogens with one attached hydrogen (secondary N) is 3. The van der Waals surface area contributed by atoms with Gasteiger partial charge < -0.3 is 46.1 Å². The first-order chi connectivity index (χ1) is 38.0. The van der Waals surface area contributed by atoms with Gasteiger partial charge in [0.2, 0.25) is 17.7 Å². The minimum absolute atomic E-state index is 0.0382. The molecule has 23 heteroatoms. The highest BCUT2D eigenvalue weighted by Crippen LogP contribution is 2.46. The van der Waals surface area contributed by atoms with Crippen LogP contribution in [0.15, 0.2) is 41.9 Å². The fraction of sp³-hybridized carbons (Fsp3) is 0.561. The minimum atomic E-state index is -4.89. The number of carbonyl (C=O) groups is 3. The van der Waals surface area contributed by atoms with Gasteiger partial charge in [-0.1, -0.05) is 56.6 Å². The maximum atomic E-state index is 17.1. The highest BCUT2D eigenvalue weighted by atomic mass is 35.5. The smallest absolute Gasteiger partial charge is 0.418 e. The number of pyridine rings is 1. The third-order valence-corrected chi connectivity index (χ3v) is 18.0. The van der Waals surface area contributed by atoms with E-state index in [0.29, 0.717) is 31.9 Å². The van der Waals surface area contributed by atoms with E-state index in [1.165, 1.54) is 17.9 Å². The maximum Gasteiger partial charge on any atom is 0.418 e. The molecule has 5 aromatic rings. The van der Waals surface area contributed by atoms with Crippen molar-refractivity contribution < 1.29 is 46.5 Å². The van der Waals surface area contributed by atoms with Crippen molar-refractivity contribution in [1.82, 2.24) is 45.7 Å². The van der Waals surface area contributed by atoms with Gasteiger partial charge in [0.1, 0.15) is 35.8 Å². The van der Waals surface area contributed by atoms with Gasteiger partial charge in [-0.3, -0.25) is 19.3 Å². The monoisotopic (exact) mass is 1150 g/mol. The number of benzene rings is 2. The number of β-amino-alcohol motifs (C(OH)–C–C–N with tert-alkyl or cyclic N) is 1. The molecule has 6 N–H and O–H groups in total. The average Bonchev–Trinajstić information content (AvgIpc) is 4.33. The Morgan fingerprint density at radius 3 is 2.44 bits per heavy atom. The van der Waals surface area contributed by atoms with Gasteiger partial charge in [-0.2, -0.15) is 23.1 Å². The van der Waals surface area contributed by atoms with Gasteiger partial charge in [0.25, 0.3) is 0 Å². The number of halogens is 5. The third kappa shape index (κ3) is 11.8. The summed E-state index contributed by atoms with van der Waals surface area (Å²) in [5.74, 6) is -2.10. The average molecular weight is 1150 g/mol. The molecule has 2 aromatic carbocycles. The number of alkyl halides is 3. The Kier molecular flexibility index (Phi) is 16.4. The molecule has 3 aromatic heterocycles. The summed E-state index contributed by atoms with van der Waals surface area (Å²) in [4.78, 5) is 66.3. The van der Waals surface area contributed by atoms with E-state index in [1.54, 1.807) is 11.3 Å². The van der Waals surface area contributed by atoms with Crippen molar-refractivity contribution in [2.75, 3.05) is 56.6 Å². The van der Waals surface area contributed by atoms with Crippen LogP contribution in [0, 0.1) is 25.1 Å². The Morgan fingerprint density at radius 1 is 1.01 bits per heavy atom. The van der Waals surface area contributed by atoms with Crippen molar-refractivity contribution in [2.45, 2.75) is 153 Å². The normalized spacial score (nSPS) is 23.9. The molecule has 8 atom stereocenters. The highest BCUT2D eigenvalue weighted by Gasteiger charge is 2.50. The number of carbonyl (C=O) groups excluding carboxylic acids is 3. The first-order valence-corrected chi connectivity index (χ1v) is 28.8. The zero-order chi connectivity index (χ0) is 57.0. The topological polar surface area (TPSA) is 213 Å². The van der Waals surface area contributed by atoms with Gasteiger partial charge in [-0.05, 0) is 106 Å². The van der Waals surface area contributed by atoms with Gasteiger partial charge in [0, 0.05) is 62.6 Å². The van der Waals surface area contributed by atoms with Crippen LogP contribution in [-0.4, -0.2) is 140 Å². The van der Waals surface area contributed by atoms with E-state index in [0.717, 1.165) is 72.8 Å². The maximum absolute atomic E-state index is 17.1. The molecule has 10 rings (SSSR count). The fourth-order valence-electron chi connectivity index (χ4n) is 12.7. The number of nitrogens with zero attached hydrogens (tertiary/aromatic N) is 7. The lowest BCUT2D eigenvalue weighted by molar-refractivity contribution is -0.144. The molecule has 0 spiro atoms. The summed E-state index contributed by atoms with van der Waals surface area (Å²) in [5, 5.41) is 20.3. The van der Waals surface area contributed by atoms with Gasteiger partial charge in [0.05, 0.1) is 62.2 Å². The van der Waals surface area contributed by atoms with Crippen LogP contribution >= 0.6 is 22.9 Å². The van der Waals surface area contributed by atoms with Gasteiger partial charge >= 0.3 is 12.2 Å². The number of thiazole rings is 1. The Bertz CT molecular complexity index is 3130. The SMILES string of the molecule is Cc1cc(N)nc(-c2c(Cl)cc3c(N4CC5CCC(C4)N5)nc(OCC45CCCN4[C@@H](COCCCC(=O)N[C@H](C(=O)N4C[C@H](O)C[C@H]4C(=O)N[C@@H](C)c4ccc(-c6scnc6C)cc4)C(C)(C)C)CC5)nc3c2F)c1C(F)(F)F. The number of piperazine rings is 1. The second-order valence-electron chi connectivity index (χ2n) is 23.5. The van der Waals surface area contributed by atoms with Crippen molar-refractivity contribution >= 4 is 63.2 Å². The van der Waals surface area contributed by atoms with Crippen LogP contribution in [0.4, 0.5) is 29.2 Å². The molecule has 3 unspecified atom stereocenters. The number of aliphatic hydroxyl groups excluding tert-OH is 1. The number of hydrogen-bond donors (Lipinski definition) is 5. The Morgan fingerprint density at radius 2 is 1.75 bits per heavy atom. The number of aryl methyl sites for hydroxylation is 2. The number of anilines is 2. The molecule has 0 aliphatic carbocycles. The van der Waals surface area contributed by atoms with E-state index in [9.17, 15) is 32.7 Å². The number of aromatic nitrogens is 4. The Labute approximate surface area is 471 Å². The number of amides is 3. The van der Waals surface area contributed by atoms with E-state index in [2.05, 4.69) is 35.8 Å². The Balaban J connectivity index is 0.757. The molecular formula is C57H70ClF4N11O6S. The van der Waals surface area contributed by atoms with E-state index < -0.39 is 63.9 Å². The van der Waals surface area contributed by atoms with Crippen LogP contribution in [0.25, 0.3) is 32.6 Å². The number of fused-ring (bicyclic) bond motifs is 4. The highest BCUT2D eigenvalue weighted by molar-refractivity contribution is 7.13. The molecule has 3 amide bonds. The van der Waals surface area contributed by atoms with Crippen molar-refractivity contribution in [2.24, 2.45) is 5.41 Å². The molecule has 5 saturated heterocycles. The second kappa shape index (κ2) is 22.9. The lowest BCUT2D eigenvalue weighted by Crippen LogP contribution is -2.57. The number of rotatable bonds is 17. The van der Waals surface area contributed by atoms with Crippen molar-refractivity contribution in [3.05, 3.63) is 75.1 Å². The van der Waals surface area contributed by atoms with Gasteiger partial charge in [0.15, 0.2) is 5.82 Å². The number of aliphatic hydroxyl groups is 1. The molecule has 0 radical (unpaired) electrons. The first-order valence-electron chi connectivity index (χ1n) is 27.6. The fourth-order valence-corrected chi connectivity index (χ4v) is 13.8. The number of nitrogens with two attached hydrogens (primary N) is 1. The van der Waals surface area contributed by atoms with Gasteiger partial charge in [-0.15, -0.1) is 11.3 Å². The number of hydrogen-bond acceptors (Lipinski definition) is 15. The molecular weight excluding hydrogens is 1080 g/mol. The predicted molar refractivity (Wildman–Crippen MR) is 298 cm³/mol. The predicted octanol–water partition coefficient (Wildman–Crippen LogP) is 8.31. The van der Waals surface area contributed by atoms with Crippen LogP contribution in [0.5, 0.6) is 6.01 Å². The van der Waals surface area contributed by atoms with Crippen LogP contribution in [-0.2, 0) is 25.3 Å². The van der Waals surface area contributed by atoms with Crippen molar-refractivity contribution in [3.63, 3.8) is 0 Å². The zero-order valence-corrected chi connectivity index (χ0v) is 47.5. The van der Waals surface area contributed by atoms with E-state index in [4.69, 9.17) is 31.8 Å². The third-order valence-electron chi connectivity index (χ3n) is 16.7. The molecule has 5 fully saturated rings. The summed E-state index contributed by atoms with van der Waals surface area (Å²) in [6.45, 7) is 13.4. The first kappa shape index (κ1) is 57.5. The molecule has 17 nitrogen and oxygen atoms in total. The summed E-state index contributed by atoms with van der Waals surface area (Å²) in [6.07, 6.45) is -0.0421. The number of nitrogen functional groups attached to an aromatic ring is 1. The molecule has 5 aliphatic rings. The van der Waals surface area contributed by atoms with E-state index >= 15 is 4.39 Å². The molecule has 5 aliphatic heterocycles. The lowest BCUT2D eigenvalue weighted by atomic mass is 9.85. The molecule has 0 saturated carbocycles. The van der Waals surface area contributed by atoms with E-state index in [1.807, 2.05) is 69.3 Å². The Hall–Kier alpha value is -5.78. The van der Waals surface area contributed by atoms with Crippen molar-refractivity contribution in [3.8, 4) is 27.7 Å².